The summed E-state index contributed by atoms with van der Waals surface area (Å²) >= 11 is 0. The fourth-order valence-electron chi connectivity index (χ4n) is 3.40. The Morgan fingerprint density at radius 1 is 1.25 bits per heavy atom. The SMILES string of the molecule is CNCC1CCN(C(C)C(=O)NC2CCCCC2)C1.Cl. The Kier molecular flexibility index (Phi) is 7.85. The molecule has 1 amide bonds. The highest BCUT2D eigenvalue weighted by atomic mass is 35.5. The lowest BCUT2D eigenvalue weighted by Crippen LogP contribution is -2.48. The molecule has 1 aliphatic carbocycles. The molecule has 1 heterocycles. The molecule has 1 aliphatic heterocycles. The number of hydrogen-bond donors (Lipinski definition) is 2. The zero-order chi connectivity index (χ0) is 13.7. The summed E-state index contributed by atoms with van der Waals surface area (Å²) in [5.74, 6) is 0.937. The van der Waals surface area contributed by atoms with Crippen molar-refractivity contribution in [3.63, 3.8) is 0 Å². The molecule has 0 aromatic heterocycles. The van der Waals surface area contributed by atoms with Crippen molar-refractivity contribution in [3.05, 3.63) is 0 Å². The summed E-state index contributed by atoms with van der Waals surface area (Å²) in [5, 5.41) is 6.48. The third kappa shape index (κ3) is 4.90. The van der Waals surface area contributed by atoms with E-state index in [2.05, 4.69) is 22.5 Å². The van der Waals surface area contributed by atoms with Gasteiger partial charge in [-0.1, -0.05) is 19.3 Å². The van der Waals surface area contributed by atoms with Gasteiger partial charge < -0.3 is 10.6 Å². The number of carbonyl (C=O) groups is 1. The molecule has 0 radical (unpaired) electrons. The van der Waals surface area contributed by atoms with Crippen molar-refractivity contribution in [1.82, 2.24) is 15.5 Å². The zero-order valence-corrected chi connectivity index (χ0v) is 13.7. The second kappa shape index (κ2) is 8.85. The Morgan fingerprint density at radius 3 is 2.60 bits per heavy atom. The third-order valence-corrected chi connectivity index (χ3v) is 4.69. The third-order valence-electron chi connectivity index (χ3n) is 4.69. The predicted octanol–water partition coefficient (Wildman–Crippen LogP) is 1.79. The number of nitrogens with zero attached hydrogens (tertiary/aromatic N) is 1. The lowest BCUT2D eigenvalue weighted by Gasteiger charge is -2.28. The molecule has 2 fully saturated rings. The molecular weight excluding hydrogens is 274 g/mol. The molecule has 1 saturated carbocycles. The summed E-state index contributed by atoms with van der Waals surface area (Å²) in [7, 11) is 2.00. The molecule has 1 saturated heterocycles. The molecule has 20 heavy (non-hydrogen) atoms. The Balaban J connectivity index is 0.00000200. The van der Waals surface area contributed by atoms with Crippen LogP contribution in [0, 0.1) is 5.92 Å². The van der Waals surface area contributed by atoms with Gasteiger partial charge in [-0.05, 0) is 52.2 Å². The van der Waals surface area contributed by atoms with E-state index in [0.717, 1.165) is 19.6 Å². The molecule has 118 valence electrons. The van der Waals surface area contributed by atoms with Gasteiger partial charge in [0.1, 0.15) is 0 Å². The molecule has 0 aromatic rings. The average Bonchev–Trinajstić information content (AvgIpc) is 2.88. The van der Waals surface area contributed by atoms with Crippen LogP contribution in [0.25, 0.3) is 0 Å². The molecule has 2 aliphatic rings. The van der Waals surface area contributed by atoms with E-state index in [1.807, 2.05) is 7.05 Å². The van der Waals surface area contributed by atoms with Gasteiger partial charge in [0.25, 0.3) is 0 Å². The average molecular weight is 304 g/mol. The number of amides is 1. The Labute approximate surface area is 129 Å². The molecule has 5 heteroatoms. The van der Waals surface area contributed by atoms with E-state index in [9.17, 15) is 4.79 Å². The largest absolute Gasteiger partial charge is 0.352 e. The van der Waals surface area contributed by atoms with Crippen molar-refractivity contribution >= 4 is 18.3 Å². The van der Waals surface area contributed by atoms with E-state index in [1.54, 1.807) is 0 Å². The van der Waals surface area contributed by atoms with Crippen LogP contribution in [0.15, 0.2) is 0 Å². The highest BCUT2D eigenvalue weighted by Crippen LogP contribution is 2.20. The number of rotatable bonds is 5. The van der Waals surface area contributed by atoms with Crippen molar-refractivity contribution in [3.8, 4) is 0 Å². The molecule has 2 N–H and O–H groups in total. The molecule has 0 bridgehead atoms. The van der Waals surface area contributed by atoms with Gasteiger partial charge in [-0.25, -0.2) is 0 Å². The standard InChI is InChI=1S/C15H29N3O.ClH/c1-12(18-9-8-13(11-18)10-16-2)15(19)17-14-6-4-3-5-7-14;/h12-14,16H,3-11H2,1-2H3,(H,17,19);1H. The first-order chi connectivity index (χ1) is 9.20. The van der Waals surface area contributed by atoms with Crippen LogP contribution in [0.3, 0.4) is 0 Å². The molecular formula is C15H30ClN3O. The first-order valence-electron chi connectivity index (χ1n) is 7.89. The summed E-state index contributed by atoms with van der Waals surface area (Å²) in [5.41, 5.74) is 0. The normalized spacial score (nSPS) is 26.0. The molecule has 2 rings (SSSR count). The summed E-state index contributed by atoms with van der Waals surface area (Å²) < 4.78 is 0. The van der Waals surface area contributed by atoms with E-state index >= 15 is 0 Å². The number of likely N-dealkylation sites (tertiary alicyclic amines) is 1. The number of nitrogens with one attached hydrogen (secondary N) is 2. The lowest BCUT2D eigenvalue weighted by atomic mass is 9.95. The fourth-order valence-corrected chi connectivity index (χ4v) is 3.40. The summed E-state index contributed by atoms with van der Waals surface area (Å²) in [6, 6.07) is 0.461. The van der Waals surface area contributed by atoms with Gasteiger partial charge in [-0.15, -0.1) is 12.4 Å². The van der Waals surface area contributed by atoms with Crippen LogP contribution in [-0.4, -0.2) is 49.6 Å². The molecule has 4 nitrogen and oxygen atoms in total. The van der Waals surface area contributed by atoms with Crippen LogP contribution in [0.2, 0.25) is 0 Å². The van der Waals surface area contributed by atoms with Gasteiger partial charge in [0.2, 0.25) is 5.91 Å². The second-order valence-corrected chi connectivity index (χ2v) is 6.23. The minimum atomic E-state index is 0. The van der Waals surface area contributed by atoms with Crippen molar-refractivity contribution in [1.29, 1.82) is 0 Å². The topological polar surface area (TPSA) is 44.4 Å². The van der Waals surface area contributed by atoms with E-state index in [1.165, 1.54) is 38.5 Å². The van der Waals surface area contributed by atoms with Crippen LogP contribution >= 0.6 is 12.4 Å². The van der Waals surface area contributed by atoms with Crippen molar-refractivity contribution in [2.45, 2.75) is 57.5 Å². The number of carbonyl (C=O) groups excluding carboxylic acids is 1. The van der Waals surface area contributed by atoms with Gasteiger partial charge in [0, 0.05) is 12.6 Å². The molecule has 2 unspecified atom stereocenters. The maximum atomic E-state index is 12.3. The highest BCUT2D eigenvalue weighted by Gasteiger charge is 2.30. The Bertz CT molecular complexity index is 295. The van der Waals surface area contributed by atoms with Gasteiger partial charge >= 0.3 is 0 Å². The smallest absolute Gasteiger partial charge is 0.237 e. The fraction of sp³-hybridized carbons (Fsp3) is 0.933. The highest BCUT2D eigenvalue weighted by molar-refractivity contribution is 5.85. The molecule has 0 aromatic carbocycles. The van der Waals surface area contributed by atoms with Gasteiger partial charge in [0.15, 0.2) is 0 Å². The van der Waals surface area contributed by atoms with E-state index in [-0.39, 0.29) is 24.4 Å². The van der Waals surface area contributed by atoms with Crippen molar-refractivity contribution in [2.75, 3.05) is 26.7 Å². The lowest BCUT2D eigenvalue weighted by molar-refractivity contribution is -0.126. The predicted molar refractivity (Wildman–Crippen MR) is 85.3 cm³/mol. The van der Waals surface area contributed by atoms with Crippen LogP contribution in [-0.2, 0) is 4.79 Å². The zero-order valence-electron chi connectivity index (χ0n) is 12.9. The number of hydrogen-bond acceptors (Lipinski definition) is 3. The van der Waals surface area contributed by atoms with Crippen molar-refractivity contribution in [2.24, 2.45) is 5.92 Å². The Hall–Kier alpha value is -0.320. The van der Waals surface area contributed by atoms with E-state index < -0.39 is 0 Å². The monoisotopic (exact) mass is 303 g/mol. The van der Waals surface area contributed by atoms with Gasteiger partial charge in [-0.3, -0.25) is 9.69 Å². The maximum Gasteiger partial charge on any atom is 0.237 e. The molecule has 0 spiro atoms. The summed E-state index contributed by atoms with van der Waals surface area (Å²) in [6.45, 7) is 5.24. The Morgan fingerprint density at radius 2 is 1.95 bits per heavy atom. The quantitative estimate of drug-likeness (QED) is 0.814. The minimum Gasteiger partial charge on any atom is -0.352 e. The number of halogens is 1. The van der Waals surface area contributed by atoms with Crippen LogP contribution in [0.1, 0.15) is 45.4 Å². The van der Waals surface area contributed by atoms with Crippen LogP contribution < -0.4 is 10.6 Å². The molecule has 2 atom stereocenters. The minimum absolute atomic E-state index is 0. The second-order valence-electron chi connectivity index (χ2n) is 6.23. The summed E-state index contributed by atoms with van der Waals surface area (Å²) in [4.78, 5) is 14.6. The van der Waals surface area contributed by atoms with Crippen LogP contribution in [0.5, 0.6) is 0 Å². The first-order valence-corrected chi connectivity index (χ1v) is 7.89. The first kappa shape index (κ1) is 17.7. The maximum absolute atomic E-state index is 12.3. The summed E-state index contributed by atoms with van der Waals surface area (Å²) in [6.07, 6.45) is 7.42. The van der Waals surface area contributed by atoms with Crippen LogP contribution in [0.4, 0.5) is 0 Å². The van der Waals surface area contributed by atoms with E-state index in [0.29, 0.717) is 12.0 Å². The van der Waals surface area contributed by atoms with Gasteiger partial charge in [0.05, 0.1) is 6.04 Å². The van der Waals surface area contributed by atoms with Gasteiger partial charge in [-0.2, -0.15) is 0 Å². The van der Waals surface area contributed by atoms with E-state index in [4.69, 9.17) is 0 Å². The van der Waals surface area contributed by atoms with Crippen molar-refractivity contribution < 1.29 is 4.79 Å².